The van der Waals surface area contributed by atoms with Crippen LogP contribution in [0.1, 0.15) is 41.9 Å². The van der Waals surface area contributed by atoms with Crippen molar-refractivity contribution in [2.75, 3.05) is 39.8 Å². The summed E-state index contributed by atoms with van der Waals surface area (Å²) in [4.78, 5) is 35.3. The molecule has 7 nitrogen and oxygen atoms in total. The van der Waals surface area contributed by atoms with Gasteiger partial charge in [-0.25, -0.2) is 4.98 Å². The Hall–Kier alpha value is -1.89. The normalized spacial score (nSPS) is 23.2. The number of carbonyl (C=O) groups excluding carboxylic acids is 2. The first-order valence-corrected chi connectivity index (χ1v) is 8.76. The van der Waals surface area contributed by atoms with Gasteiger partial charge in [-0.15, -0.1) is 0 Å². The third-order valence-electron chi connectivity index (χ3n) is 5.10. The molecule has 0 aliphatic carbocycles. The number of likely N-dealkylation sites (tertiary alicyclic amines) is 1. The molecular formula is C17H26N4O3. The molecule has 0 aromatic carbocycles. The maximum Gasteiger partial charge on any atom is 0.276 e. The molecule has 2 saturated heterocycles. The van der Waals surface area contributed by atoms with Crippen LogP contribution in [-0.4, -0.2) is 77.3 Å². The Bertz CT molecular complexity index is 600. The highest BCUT2D eigenvalue weighted by Crippen LogP contribution is 2.18. The van der Waals surface area contributed by atoms with Crippen LogP contribution in [0.2, 0.25) is 0 Å². The fraction of sp³-hybridized carbons (Fsp3) is 0.706. The minimum absolute atomic E-state index is 0.00112. The van der Waals surface area contributed by atoms with E-state index in [9.17, 15) is 9.59 Å². The number of hydrogen-bond donors (Lipinski definition) is 0. The molecule has 2 fully saturated rings. The minimum Gasteiger partial charge on any atom is -0.448 e. The van der Waals surface area contributed by atoms with E-state index >= 15 is 0 Å². The van der Waals surface area contributed by atoms with Crippen molar-refractivity contribution in [2.24, 2.45) is 0 Å². The van der Waals surface area contributed by atoms with Crippen LogP contribution in [0.15, 0.2) is 10.8 Å². The maximum atomic E-state index is 12.8. The lowest BCUT2D eigenvalue weighted by Gasteiger charge is -2.35. The minimum atomic E-state index is -0.106. The zero-order valence-electron chi connectivity index (χ0n) is 14.5. The molecule has 1 atom stereocenters. The van der Waals surface area contributed by atoms with E-state index in [4.69, 9.17) is 4.42 Å². The van der Waals surface area contributed by atoms with E-state index in [2.05, 4.69) is 9.88 Å². The largest absolute Gasteiger partial charge is 0.448 e. The first kappa shape index (κ1) is 17.0. The summed E-state index contributed by atoms with van der Waals surface area (Å²) in [6.07, 6.45) is 5.32. The van der Waals surface area contributed by atoms with Crippen LogP contribution in [0.3, 0.4) is 0 Å². The monoisotopic (exact) mass is 334 g/mol. The summed E-state index contributed by atoms with van der Waals surface area (Å²) in [6.45, 7) is 5.23. The summed E-state index contributed by atoms with van der Waals surface area (Å²) in [6, 6.07) is -0.00112. The van der Waals surface area contributed by atoms with Crippen molar-refractivity contribution in [1.82, 2.24) is 19.7 Å². The van der Waals surface area contributed by atoms with Crippen LogP contribution in [0, 0.1) is 6.92 Å². The van der Waals surface area contributed by atoms with Crippen LogP contribution >= 0.6 is 0 Å². The van der Waals surface area contributed by atoms with Crippen molar-refractivity contribution in [3.63, 3.8) is 0 Å². The maximum absolute atomic E-state index is 12.8. The number of aryl methyl sites for hydroxylation is 1. The molecular weight excluding hydrogens is 308 g/mol. The molecule has 2 aliphatic heterocycles. The summed E-state index contributed by atoms with van der Waals surface area (Å²) in [7, 11) is 2.03. The quantitative estimate of drug-likeness (QED) is 0.811. The number of carbonyl (C=O) groups is 2. The second-order valence-electron chi connectivity index (χ2n) is 6.72. The zero-order valence-corrected chi connectivity index (χ0v) is 14.5. The van der Waals surface area contributed by atoms with Gasteiger partial charge in [0.15, 0.2) is 12.1 Å². The lowest BCUT2D eigenvalue weighted by atomic mass is 10.0. The highest BCUT2D eigenvalue weighted by Gasteiger charge is 2.31. The molecule has 2 amide bonds. The van der Waals surface area contributed by atoms with E-state index < -0.39 is 0 Å². The van der Waals surface area contributed by atoms with Crippen molar-refractivity contribution in [1.29, 1.82) is 0 Å². The fourth-order valence-corrected chi connectivity index (χ4v) is 3.60. The van der Waals surface area contributed by atoms with Gasteiger partial charge in [0, 0.05) is 26.2 Å². The second-order valence-corrected chi connectivity index (χ2v) is 6.72. The molecule has 1 aromatic heterocycles. The number of nitrogens with zero attached hydrogens (tertiary/aromatic N) is 4. The van der Waals surface area contributed by atoms with Crippen molar-refractivity contribution < 1.29 is 14.0 Å². The van der Waals surface area contributed by atoms with Gasteiger partial charge in [-0.3, -0.25) is 14.5 Å². The van der Waals surface area contributed by atoms with Gasteiger partial charge in [-0.2, -0.15) is 0 Å². The Labute approximate surface area is 142 Å². The highest BCUT2D eigenvalue weighted by atomic mass is 16.3. The SMILES string of the molecule is Cc1ocnc1C(=O)N1CCCN(C(=O)C2CCCCN2C)CC1. The van der Waals surface area contributed by atoms with Gasteiger partial charge in [-0.05, 0) is 39.8 Å². The lowest BCUT2D eigenvalue weighted by molar-refractivity contribution is -0.137. The third-order valence-corrected chi connectivity index (χ3v) is 5.10. The Balaban J connectivity index is 1.61. The molecule has 0 saturated carbocycles. The summed E-state index contributed by atoms with van der Waals surface area (Å²) < 4.78 is 5.13. The first-order chi connectivity index (χ1) is 11.6. The van der Waals surface area contributed by atoms with E-state index in [1.807, 2.05) is 11.9 Å². The van der Waals surface area contributed by atoms with E-state index in [0.717, 1.165) is 25.8 Å². The van der Waals surface area contributed by atoms with Crippen LogP contribution in [0.5, 0.6) is 0 Å². The lowest BCUT2D eigenvalue weighted by Crippen LogP contribution is -2.50. The molecule has 1 aromatic rings. The summed E-state index contributed by atoms with van der Waals surface area (Å²) >= 11 is 0. The molecule has 0 N–H and O–H groups in total. The van der Waals surface area contributed by atoms with Gasteiger partial charge in [0.05, 0.1) is 6.04 Å². The number of piperidine rings is 1. The summed E-state index contributed by atoms with van der Waals surface area (Å²) in [5.74, 6) is 0.649. The van der Waals surface area contributed by atoms with Crippen LogP contribution < -0.4 is 0 Å². The molecule has 0 spiro atoms. The topological polar surface area (TPSA) is 69.9 Å². The number of amides is 2. The highest BCUT2D eigenvalue weighted by molar-refractivity contribution is 5.93. The summed E-state index contributed by atoms with van der Waals surface area (Å²) in [5, 5.41) is 0. The van der Waals surface area contributed by atoms with Gasteiger partial charge in [-0.1, -0.05) is 6.42 Å². The number of rotatable bonds is 2. The Morgan fingerprint density at radius 2 is 1.83 bits per heavy atom. The van der Waals surface area contributed by atoms with Crippen molar-refractivity contribution in [3.05, 3.63) is 17.8 Å². The number of likely N-dealkylation sites (N-methyl/N-ethyl adjacent to an activating group) is 1. The number of hydrogen-bond acceptors (Lipinski definition) is 5. The molecule has 0 radical (unpaired) electrons. The molecule has 132 valence electrons. The molecule has 3 heterocycles. The van der Waals surface area contributed by atoms with Gasteiger partial charge in [0.2, 0.25) is 5.91 Å². The standard InChI is InChI=1S/C17H26N4O3/c1-13-15(18-12-24-13)17(23)21-9-5-8-20(10-11-21)16(22)14-6-3-4-7-19(14)2/h12,14H,3-11H2,1-2H3. The zero-order chi connectivity index (χ0) is 17.1. The molecule has 2 aliphatic rings. The Kier molecular flexibility index (Phi) is 5.18. The van der Waals surface area contributed by atoms with Gasteiger partial charge >= 0.3 is 0 Å². The van der Waals surface area contributed by atoms with Crippen LogP contribution in [0.25, 0.3) is 0 Å². The average Bonchev–Trinajstić information content (AvgIpc) is 2.86. The molecule has 1 unspecified atom stereocenters. The first-order valence-electron chi connectivity index (χ1n) is 8.76. The van der Waals surface area contributed by atoms with Gasteiger partial charge < -0.3 is 14.2 Å². The predicted molar refractivity (Wildman–Crippen MR) is 88.6 cm³/mol. The van der Waals surface area contributed by atoms with Crippen molar-refractivity contribution >= 4 is 11.8 Å². The predicted octanol–water partition coefficient (Wildman–Crippen LogP) is 1.14. The van der Waals surface area contributed by atoms with E-state index in [0.29, 0.717) is 37.6 Å². The molecule has 7 heteroatoms. The van der Waals surface area contributed by atoms with Gasteiger partial charge in [0.25, 0.3) is 5.91 Å². The average molecular weight is 334 g/mol. The number of oxazole rings is 1. The van der Waals surface area contributed by atoms with Gasteiger partial charge in [0.1, 0.15) is 5.76 Å². The second kappa shape index (κ2) is 7.34. The molecule has 3 rings (SSSR count). The Morgan fingerprint density at radius 1 is 1.08 bits per heavy atom. The van der Waals surface area contributed by atoms with Crippen molar-refractivity contribution in [2.45, 2.75) is 38.6 Å². The van der Waals surface area contributed by atoms with E-state index in [1.54, 1.807) is 11.8 Å². The smallest absolute Gasteiger partial charge is 0.276 e. The fourth-order valence-electron chi connectivity index (χ4n) is 3.60. The third kappa shape index (κ3) is 3.45. The summed E-state index contributed by atoms with van der Waals surface area (Å²) in [5.41, 5.74) is 0.377. The molecule has 0 bridgehead atoms. The number of aromatic nitrogens is 1. The van der Waals surface area contributed by atoms with Crippen molar-refractivity contribution in [3.8, 4) is 0 Å². The molecule has 24 heavy (non-hydrogen) atoms. The van der Waals surface area contributed by atoms with Crippen LogP contribution in [0.4, 0.5) is 0 Å². The van der Waals surface area contributed by atoms with E-state index in [1.165, 1.54) is 12.8 Å². The van der Waals surface area contributed by atoms with E-state index in [-0.39, 0.29) is 17.9 Å². The van der Waals surface area contributed by atoms with Crippen LogP contribution in [-0.2, 0) is 4.79 Å². The Morgan fingerprint density at radius 3 is 2.54 bits per heavy atom.